The second kappa shape index (κ2) is 4.96. The smallest absolute Gasteiger partial charge is 0.341 e. The fraction of sp³-hybridized carbons (Fsp3) is 0.556. The quantitative estimate of drug-likeness (QED) is 0.933. The highest BCUT2D eigenvalue weighted by atomic mass is 16.5. The lowest BCUT2D eigenvalue weighted by atomic mass is 9.84. The minimum atomic E-state index is -1.00. The van der Waals surface area contributed by atoms with Gasteiger partial charge in [0.25, 0.3) is 0 Å². The molecular formula is C18H22N2O4. The molecule has 1 N–H and O–H groups in total. The third kappa shape index (κ3) is 2.28. The third-order valence-corrected chi connectivity index (χ3v) is 5.23. The van der Waals surface area contributed by atoms with Crippen molar-refractivity contribution in [2.24, 2.45) is 0 Å². The fourth-order valence-electron chi connectivity index (χ4n) is 4.03. The first-order valence-electron chi connectivity index (χ1n) is 8.37. The van der Waals surface area contributed by atoms with Gasteiger partial charge in [-0.3, -0.25) is 0 Å². The van der Waals surface area contributed by atoms with Crippen LogP contribution in [0.5, 0.6) is 5.75 Å². The number of carbonyl (C=O) groups is 1. The van der Waals surface area contributed by atoms with Crippen LogP contribution in [0.15, 0.2) is 18.5 Å². The molecule has 6 nitrogen and oxygen atoms in total. The van der Waals surface area contributed by atoms with E-state index in [0.717, 1.165) is 25.0 Å². The number of aromatic carboxylic acids is 1. The van der Waals surface area contributed by atoms with Crippen molar-refractivity contribution in [1.29, 1.82) is 0 Å². The largest absolute Gasteiger partial charge is 0.490 e. The van der Waals surface area contributed by atoms with Crippen LogP contribution in [0, 0.1) is 0 Å². The number of rotatable bonds is 4. The molecule has 2 atom stereocenters. The number of pyridine rings is 1. The predicted molar refractivity (Wildman–Crippen MR) is 87.8 cm³/mol. The van der Waals surface area contributed by atoms with Gasteiger partial charge in [-0.1, -0.05) is 0 Å². The zero-order valence-electron chi connectivity index (χ0n) is 14.2. The number of aromatic nitrogens is 2. The molecule has 3 heterocycles. The Morgan fingerprint density at radius 3 is 2.75 bits per heavy atom. The first-order valence-corrected chi connectivity index (χ1v) is 8.37. The summed E-state index contributed by atoms with van der Waals surface area (Å²) in [6, 6.07) is 1.72. The van der Waals surface area contributed by atoms with E-state index in [-0.39, 0.29) is 22.7 Å². The second-order valence-electron chi connectivity index (χ2n) is 7.61. The summed E-state index contributed by atoms with van der Waals surface area (Å²) in [7, 11) is 0. The van der Waals surface area contributed by atoms with E-state index in [0.29, 0.717) is 18.0 Å². The zero-order valence-corrected chi connectivity index (χ0v) is 14.2. The van der Waals surface area contributed by atoms with Crippen molar-refractivity contribution in [3.8, 4) is 5.75 Å². The Morgan fingerprint density at radius 1 is 1.42 bits per heavy atom. The van der Waals surface area contributed by atoms with Crippen LogP contribution in [0.1, 0.15) is 56.1 Å². The molecule has 2 aromatic heterocycles. The van der Waals surface area contributed by atoms with Gasteiger partial charge in [0.05, 0.1) is 24.0 Å². The van der Waals surface area contributed by atoms with Crippen LogP contribution < -0.4 is 4.74 Å². The maximum absolute atomic E-state index is 11.5. The molecule has 0 spiro atoms. The van der Waals surface area contributed by atoms with Gasteiger partial charge in [-0.25, -0.2) is 9.78 Å². The van der Waals surface area contributed by atoms with Crippen LogP contribution in [0.4, 0.5) is 0 Å². The standard InChI is InChI=1S/C18H22N2O4/c1-11(2)24-13-6-15-19-14(8-20(15)7-12(13)16(21)22)18-5-4-17(3,9-18)23-10-18/h6-8,11H,4-5,9-10H2,1-3H3,(H,21,22)/t17-,18-/m0/s1. The van der Waals surface area contributed by atoms with Crippen molar-refractivity contribution < 1.29 is 19.4 Å². The molecule has 1 saturated heterocycles. The molecular weight excluding hydrogens is 308 g/mol. The molecule has 0 unspecified atom stereocenters. The van der Waals surface area contributed by atoms with Crippen molar-refractivity contribution in [2.45, 2.75) is 57.2 Å². The molecule has 0 aromatic carbocycles. The Morgan fingerprint density at radius 2 is 2.21 bits per heavy atom. The van der Waals surface area contributed by atoms with Gasteiger partial charge < -0.3 is 19.0 Å². The number of carboxylic acids is 1. The zero-order chi connectivity index (χ0) is 17.1. The van der Waals surface area contributed by atoms with Gasteiger partial charge >= 0.3 is 5.97 Å². The Kier molecular flexibility index (Phi) is 3.19. The summed E-state index contributed by atoms with van der Waals surface area (Å²) < 4.78 is 13.4. The van der Waals surface area contributed by atoms with Crippen molar-refractivity contribution in [3.63, 3.8) is 0 Å². The topological polar surface area (TPSA) is 73.1 Å². The van der Waals surface area contributed by atoms with Gasteiger partial charge in [0, 0.05) is 23.9 Å². The van der Waals surface area contributed by atoms with Crippen LogP contribution >= 0.6 is 0 Å². The Balaban J connectivity index is 1.80. The number of nitrogens with zero attached hydrogens (tertiary/aromatic N) is 2. The molecule has 24 heavy (non-hydrogen) atoms. The Labute approximate surface area is 140 Å². The van der Waals surface area contributed by atoms with Crippen LogP contribution in [-0.4, -0.2) is 38.8 Å². The van der Waals surface area contributed by atoms with Gasteiger partial charge in [0.1, 0.15) is 17.0 Å². The maximum Gasteiger partial charge on any atom is 0.341 e. The van der Waals surface area contributed by atoms with E-state index < -0.39 is 5.97 Å². The number of carboxylic acid groups (broad SMARTS) is 1. The molecule has 2 aromatic rings. The number of hydrogen-bond acceptors (Lipinski definition) is 4. The maximum atomic E-state index is 11.5. The molecule has 2 bridgehead atoms. The Bertz CT molecular complexity index is 816. The summed E-state index contributed by atoms with van der Waals surface area (Å²) in [4.78, 5) is 16.3. The first kappa shape index (κ1) is 15.4. The van der Waals surface area contributed by atoms with E-state index in [1.807, 2.05) is 20.0 Å². The van der Waals surface area contributed by atoms with E-state index in [9.17, 15) is 9.90 Å². The van der Waals surface area contributed by atoms with Crippen molar-refractivity contribution in [1.82, 2.24) is 9.38 Å². The molecule has 128 valence electrons. The summed E-state index contributed by atoms with van der Waals surface area (Å²) >= 11 is 0. The normalized spacial score (nSPS) is 28.8. The van der Waals surface area contributed by atoms with E-state index in [1.54, 1.807) is 16.7 Å². The molecule has 2 fully saturated rings. The lowest BCUT2D eigenvalue weighted by Crippen LogP contribution is -2.26. The molecule has 1 aliphatic carbocycles. The van der Waals surface area contributed by atoms with Crippen LogP contribution in [0.3, 0.4) is 0 Å². The summed E-state index contributed by atoms with van der Waals surface area (Å²) in [6.45, 7) is 6.60. The van der Waals surface area contributed by atoms with Crippen LogP contribution in [0.25, 0.3) is 5.65 Å². The van der Waals surface area contributed by atoms with Crippen molar-refractivity contribution in [3.05, 3.63) is 29.7 Å². The van der Waals surface area contributed by atoms with E-state index >= 15 is 0 Å². The number of fused-ring (bicyclic) bond motifs is 3. The SMILES string of the molecule is CC(C)Oc1cc2nc([C@@]34CC[C@@](C)(C3)OC4)cn2cc1C(=O)O. The average Bonchev–Trinajstić information content (AvgIpc) is 3.15. The highest BCUT2D eigenvalue weighted by Crippen LogP contribution is 2.53. The van der Waals surface area contributed by atoms with Gasteiger partial charge in [0.15, 0.2) is 0 Å². The lowest BCUT2D eigenvalue weighted by Gasteiger charge is -2.24. The van der Waals surface area contributed by atoms with E-state index in [2.05, 4.69) is 6.92 Å². The molecule has 1 saturated carbocycles. The van der Waals surface area contributed by atoms with Gasteiger partial charge in [-0.15, -0.1) is 0 Å². The van der Waals surface area contributed by atoms with Crippen LogP contribution in [-0.2, 0) is 10.2 Å². The third-order valence-electron chi connectivity index (χ3n) is 5.23. The lowest BCUT2D eigenvalue weighted by molar-refractivity contribution is -0.00627. The van der Waals surface area contributed by atoms with E-state index in [1.165, 1.54) is 0 Å². The van der Waals surface area contributed by atoms with Crippen LogP contribution in [0.2, 0.25) is 0 Å². The fourth-order valence-corrected chi connectivity index (χ4v) is 4.03. The van der Waals surface area contributed by atoms with Crippen molar-refractivity contribution >= 4 is 11.6 Å². The number of hydrogen-bond donors (Lipinski definition) is 1. The molecule has 1 aliphatic heterocycles. The predicted octanol–water partition coefficient (Wildman–Crippen LogP) is 3.03. The number of ether oxygens (including phenoxy) is 2. The minimum Gasteiger partial charge on any atom is -0.490 e. The summed E-state index contributed by atoms with van der Waals surface area (Å²) in [5.41, 5.74) is 1.77. The molecule has 0 amide bonds. The monoisotopic (exact) mass is 330 g/mol. The Hall–Kier alpha value is -2.08. The highest BCUT2D eigenvalue weighted by Gasteiger charge is 2.55. The second-order valence-corrected chi connectivity index (χ2v) is 7.61. The molecule has 2 aliphatic rings. The summed E-state index contributed by atoms with van der Waals surface area (Å²) in [6.07, 6.45) is 6.52. The minimum absolute atomic E-state index is 0.0338. The summed E-state index contributed by atoms with van der Waals surface area (Å²) in [5.74, 6) is -0.641. The van der Waals surface area contributed by atoms with Gasteiger partial charge in [-0.05, 0) is 40.0 Å². The van der Waals surface area contributed by atoms with E-state index in [4.69, 9.17) is 14.5 Å². The molecule has 6 heteroatoms. The highest BCUT2D eigenvalue weighted by molar-refractivity contribution is 5.91. The number of imidazole rings is 1. The first-order chi connectivity index (χ1) is 11.3. The van der Waals surface area contributed by atoms with Gasteiger partial charge in [-0.2, -0.15) is 0 Å². The molecule has 4 rings (SSSR count). The van der Waals surface area contributed by atoms with Gasteiger partial charge in [0.2, 0.25) is 0 Å². The van der Waals surface area contributed by atoms with Crippen molar-refractivity contribution in [2.75, 3.05) is 6.61 Å². The molecule has 0 radical (unpaired) electrons. The summed E-state index contributed by atoms with van der Waals surface area (Å²) in [5, 5.41) is 9.46. The average molecular weight is 330 g/mol.